The highest BCUT2D eigenvalue weighted by atomic mass is 16.2. The first-order chi connectivity index (χ1) is 23.5. The van der Waals surface area contributed by atoms with Crippen LogP contribution in [0.15, 0.2) is 30.3 Å². The monoisotopic (exact) mass is 682 g/mol. The minimum absolute atomic E-state index is 0.108. The molecule has 0 aromatic heterocycles. The minimum atomic E-state index is -1.09. The molecule has 0 saturated carbocycles. The Morgan fingerprint density at radius 2 is 1.27 bits per heavy atom. The van der Waals surface area contributed by atoms with E-state index in [-0.39, 0.29) is 18.2 Å². The van der Waals surface area contributed by atoms with Crippen LogP contribution >= 0.6 is 0 Å². The van der Waals surface area contributed by atoms with Crippen molar-refractivity contribution in [2.45, 2.75) is 76.5 Å². The molecule has 0 radical (unpaired) electrons. The summed E-state index contributed by atoms with van der Waals surface area (Å²) in [6.07, 6.45) is 2.49. The summed E-state index contributed by atoms with van der Waals surface area (Å²) in [5.74, 6) is -4.93. The van der Waals surface area contributed by atoms with E-state index in [0.29, 0.717) is 45.2 Å². The molecule has 266 valence electrons. The second-order valence-corrected chi connectivity index (χ2v) is 12.6. The zero-order valence-electron chi connectivity index (χ0n) is 27.9. The minimum Gasteiger partial charge on any atom is -0.346 e. The van der Waals surface area contributed by atoms with E-state index in [4.69, 9.17) is 0 Å². The Kier molecular flexibility index (Phi) is 13.1. The van der Waals surface area contributed by atoms with E-state index >= 15 is 0 Å². The summed E-state index contributed by atoms with van der Waals surface area (Å²) in [5, 5.41) is 15.2. The normalized spacial score (nSPS) is 26.2. The van der Waals surface area contributed by atoms with E-state index in [2.05, 4.69) is 31.9 Å². The number of carbonyl (C=O) groups is 8. The summed E-state index contributed by atoms with van der Waals surface area (Å²) in [6.45, 7) is 2.36. The lowest BCUT2D eigenvalue weighted by molar-refractivity contribution is -0.146. The van der Waals surface area contributed by atoms with E-state index in [9.17, 15) is 38.4 Å². The van der Waals surface area contributed by atoms with E-state index in [1.807, 2.05) is 13.0 Å². The predicted molar refractivity (Wildman–Crippen MR) is 175 cm³/mol. The largest absolute Gasteiger partial charge is 0.346 e. The van der Waals surface area contributed by atoms with Gasteiger partial charge in [0.05, 0.1) is 26.2 Å². The van der Waals surface area contributed by atoms with Gasteiger partial charge in [-0.15, -0.1) is 0 Å². The molecule has 3 fully saturated rings. The molecule has 8 amide bonds. The fourth-order valence-electron chi connectivity index (χ4n) is 6.22. The average molecular weight is 683 g/mol. The number of carbonyl (C=O) groups excluding carboxylic acids is 8. The second-order valence-electron chi connectivity index (χ2n) is 12.6. The Bertz CT molecular complexity index is 1420. The zero-order valence-corrected chi connectivity index (χ0v) is 27.9. The third-order valence-corrected chi connectivity index (χ3v) is 9.15. The highest BCUT2D eigenvalue weighted by Crippen LogP contribution is 2.25. The Morgan fingerprint density at radius 1 is 0.673 bits per heavy atom. The molecule has 3 aliphatic rings. The van der Waals surface area contributed by atoms with Gasteiger partial charge < -0.3 is 41.7 Å². The van der Waals surface area contributed by atoms with Gasteiger partial charge in [-0.05, 0) is 37.2 Å². The van der Waals surface area contributed by atoms with Crippen LogP contribution in [0.1, 0.15) is 51.5 Å². The van der Waals surface area contributed by atoms with Gasteiger partial charge in [0.1, 0.15) is 24.2 Å². The van der Waals surface area contributed by atoms with Crippen molar-refractivity contribution in [1.82, 2.24) is 41.7 Å². The van der Waals surface area contributed by atoms with Gasteiger partial charge in [-0.3, -0.25) is 38.4 Å². The molecule has 1 aromatic rings. The summed E-state index contributed by atoms with van der Waals surface area (Å²) >= 11 is 0. The quantitative estimate of drug-likeness (QED) is 0.203. The van der Waals surface area contributed by atoms with Crippen molar-refractivity contribution >= 4 is 47.3 Å². The number of nitrogens with one attached hydrogen (secondary N) is 6. The summed E-state index contributed by atoms with van der Waals surface area (Å²) < 4.78 is 0. The Labute approximate surface area is 284 Å². The van der Waals surface area contributed by atoms with Gasteiger partial charge in [0.2, 0.25) is 47.3 Å². The lowest BCUT2D eigenvalue weighted by atomic mass is 9.98. The molecule has 0 spiro atoms. The molecule has 3 aliphatic heterocycles. The summed E-state index contributed by atoms with van der Waals surface area (Å²) in [7, 11) is 0. The van der Waals surface area contributed by atoms with Crippen LogP contribution in [0.4, 0.5) is 0 Å². The molecule has 6 N–H and O–H groups in total. The first kappa shape index (κ1) is 36.8. The van der Waals surface area contributed by atoms with Gasteiger partial charge in [-0.25, -0.2) is 0 Å². The van der Waals surface area contributed by atoms with E-state index in [0.717, 1.165) is 5.56 Å². The maximum Gasteiger partial charge on any atom is 0.246 e. The van der Waals surface area contributed by atoms with E-state index in [1.165, 1.54) is 9.80 Å². The molecule has 0 bridgehead atoms. The first-order valence-corrected chi connectivity index (χ1v) is 16.8. The van der Waals surface area contributed by atoms with Gasteiger partial charge in [-0.2, -0.15) is 0 Å². The van der Waals surface area contributed by atoms with Gasteiger partial charge in [0.25, 0.3) is 0 Å². The Hall–Kier alpha value is -5.02. The van der Waals surface area contributed by atoms with Crippen LogP contribution in [0.25, 0.3) is 0 Å². The Morgan fingerprint density at radius 3 is 1.96 bits per heavy atom. The number of hydrogen-bond donors (Lipinski definition) is 6. The summed E-state index contributed by atoms with van der Waals surface area (Å²) in [5.41, 5.74) is 0.754. The molecule has 3 saturated heterocycles. The lowest BCUT2D eigenvalue weighted by Gasteiger charge is -2.31. The van der Waals surface area contributed by atoms with Crippen molar-refractivity contribution in [1.29, 1.82) is 0 Å². The van der Waals surface area contributed by atoms with Crippen molar-refractivity contribution in [3.05, 3.63) is 35.9 Å². The predicted octanol–water partition coefficient (Wildman–Crippen LogP) is -2.29. The number of amides is 8. The van der Waals surface area contributed by atoms with Crippen molar-refractivity contribution in [2.75, 3.05) is 39.3 Å². The number of rotatable bonds is 4. The molecular weight excluding hydrogens is 636 g/mol. The highest BCUT2D eigenvalue weighted by molar-refractivity contribution is 5.97. The topological polar surface area (TPSA) is 215 Å². The van der Waals surface area contributed by atoms with E-state index in [1.54, 1.807) is 31.2 Å². The summed E-state index contributed by atoms with van der Waals surface area (Å²) in [4.78, 5) is 108. The molecular formula is C33H46N8O8. The molecule has 0 aliphatic carbocycles. The molecule has 5 atom stereocenters. The zero-order chi connectivity index (χ0) is 35.5. The van der Waals surface area contributed by atoms with Gasteiger partial charge >= 0.3 is 0 Å². The smallest absolute Gasteiger partial charge is 0.246 e. The van der Waals surface area contributed by atoms with Crippen molar-refractivity contribution in [3.8, 4) is 0 Å². The second kappa shape index (κ2) is 17.4. The Balaban J connectivity index is 1.56. The van der Waals surface area contributed by atoms with Crippen LogP contribution in [0.3, 0.4) is 0 Å². The number of benzene rings is 1. The molecule has 1 aromatic carbocycles. The standard InChI is InChI=1S/C33H46N8O8/c1-3-20(2)29-32(48)37-17-26(43)34-16-25(42)35-19-28(45)40-13-8-12-24(40)33(49)41-14-7-11-23(41)31(47)38-22(15-21-9-5-4-6-10-21)30(46)36-18-27(44)39-29/h4-6,9-10,20,22-24,29H,3,7-8,11-19H2,1-2H3,(H,34,43)(H,35,42)(H,36,46)(H,37,48)(H,38,47)(H,39,44)/t20-,22-,23+,24-,29+/m1/s1. The molecule has 0 unspecified atom stereocenters. The van der Waals surface area contributed by atoms with Crippen molar-refractivity contribution in [2.24, 2.45) is 5.92 Å². The molecule has 4 rings (SSSR count). The van der Waals surface area contributed by atoms with Crippen molar-refractivity contribution in [3.63, 3.8) is 0 Å². The maximum absolute atomic E-state index is 13.8. The van der Waals surface area contributed by atoms with Crippen LogP contribution in [-0.4, -0.2) is 120 Å². The average Bonchev–Trinajstić information content (AvgIpc) is 3.80. The third kappa shape index (κ3) is 9.99. The van der Waals surface area contributed by atoms with Gasteiger partial charge in [0.15, 0.2) is 0 Å². The number of hydrogen-bond acceptors (Lipinski definition) is 8. The maximum atomic E-state index is 13.8. The fourth-order valence-corrected chi connectivity index (χ4v) is 6.22. The van der Waals surface area contributed by atoms with Gasteiger partial charge in [-0.1, -0.05) is 50.6 Å². The SMILES string of the molecule is CC[C@@H](C)[C@@H]1NC(=O)CNC(=O)[C@@H](Cc2ccccc2)NC(=O)[C@@H]2CCCN2C(=O)[C@H]2CCCN2C(=O)CNC(=O)CNC(=O)CNC1=O. The lowest BCUT2D eigenvalue weighted by Crippen LogP contribution is -2.58. The van der Waals surface area contributed by atoms with Crippen LogP contribution in [0.2, 0.25) is 0 Å². The molecule has 3 heterocycles. The van der Waals surface area contributed by atoms with Crippen molar-refractivity contribution < 1.29 is 38.4 Å². The molecule has 16 nitrogen and oxygen atoms in total. The number of nitrogens with zero attached hydrogens (tertiary/aromatic N) is 2. The van der Waals surface area contributed by atoms with Crippen LogP contribution in [0.5, 0.6) is 0 Å². The fraction of sp³-hybridized carbons (Fsp3) is 0.576. The summed E-state index contributed by atoms with van der Waals surface area (Å²) in [6, 6.07) is 5.20. The van der Waals surface area contributed by atoms with Crippen LogP contribution in [0, 0.1) is 5.92 Å². The van der Waals surface area contributed by atoms with Gasteiger partial charge in [0, 0.05) is 19.5 Å². The van der Waals surface area contributed by atoms with E-state index < -0.39 is 91.7 Å². The van der Waals surface area contributed by atoms with Crippen LogP contribution in [-0.2, 0) is 44.8 Å². The van der Waals surface area contributed by atoms with Crippen LogP contribution < -0.4 is 31.9 Å². The number of fused-ring (bicyclic) bond motifs is 2. The third-order valence-electron chi connectivity index (χ3n) is 9.15. The highest BCUT2D eigenvalue weighted by Gasteiger charge is 2.42. The molecule has 49 heavy (non-hydrogen) atoms. The first-order valence-electron chi connectivity index (χ1n) is 16.8. The molecule has 16 heteroatoms.